The first kappa shape index (κ1) is 16.2. The molecule has 0 saturated heterocycles. The Bertz CT molecular complexity index is 648. The van der Waals surface area contributed by atoms with Gasteiger partial charge in [0.2, 0.25) is 5.78 Å². The van der Waals surface area contributed by atoms with Gasteiger partial charge in [0, 0.05) is 5.57 Å². The molecule has 4 aliphatic rings. The van der Waals surface area contributed by atoms with Crippen molar-refractivity contribution in [3.63, 3.8) is 0 Å². The largest absolute Gasteiger partial charge is 0.515 e. The van der Waals surface area contributed by atoms with Crippen LogP contribution in [0.5, 0.6) is 0 Å². The Morgan fingerprint density at radius 1 is 1.12 bits per heavy atom. The van der Waals surface area contributed by atoms with E-state index in [9.17, 15) is 20.1 Å². The predicted molar refractivity (Wildman–Crippen MR) is 90.4 cm³/mol. The smallest absolute Gasteiger partial charge is 0.226 e. The van der Waals surface area contributed by atoms with Crippen molar-refractivity contribution in [1.29, 1.82) is 0 Å². The molecule has 4 rings (SSSR count). The van der Waals surface area contributed by atoms with E-state index in [-0.39, 0.29) is 22.7 Å². The predicted octanol–water partition coefficient (Wildman–Crippen LogP) is 3.82. The lowest BCUT2D eigenvalue weighted by molar-refractivity contribution is -0.117. The number of allylic oxidation sites excluding steroid dienone is 1. The van der Waals surface area contributed by atoms with E-state index < -0.39 is 5.78 Å². The van der Waals surface area contributed by atoms with Crippen molar-refractivity contribution >= 4 is 5.78 Å². The lowest BCUT2D eigenvalue weighted by Crippen LogP contribution is -2.52. The van der Waals surface area contributed by atoms with E-state index in [0.29, 0.717) is 29.7 Å². The number of aliphatic hydroxyl groups is 3. The van der Waals surface area contributed by atoms with Crippen molar-refractivity contribution in [1.82, 2.24) is 0 Å². The van der Waals surface area contributed by atoms with Gasteiger partial charge in [0.25, 0.3) is 0 Å². The zero-order valence-corrected chi connectivity index (χ0v) is 14.6. The fourth-order valence-electron chi connectivity index (χ4n) is 6.77. The Morgan fingerprint density at radius 3 is 2.58 bits per heavy atom. The van der Waals surface area contributed by atoms with Crippen molar-refractivity contribution in [3.05, 3.63) is 23.2 Å². The van der Waals surface area contributed by atoms with Crippen LogP contribution in [0.1, 0.15) is 58.8 Å². The molecule has 0 spiro atoms. The van der Waals surface area contributed by atoms with E-state index in [2.05, 4.69) is 13.8 Å². The number of aliphatic hydroxyl groups excluding tert-OH is 3. The Balaban J connectivity index is 1.75. The summed E-state index contributed by atoms with van der Waals surface area (Å²) >= 11 is 0. The fourth-order valence-corrected chi connectivity index (χ4v) is 6.77. The quantitative estimate of drug-likeness (QED) is 0.465. The molecule has 4 nitrogen and oxygen atoms in total. The van der Waals surface area contributed by atoms with Gasteiger partial charge in [-0.1, -0.05) is 13.8 Å². The normalized spacial score (nSPS) is 49.8. The summed E-state index contributed by atoms with van der Waals surface area (Å²) in [6.45, 7) is 4.42. The first-order valence-electron chi connectivity index (χ1n) is 9.31. The summed E-state index contributed by atoms with van der Waals surface area (Å²) in [6, 6.07) is 0. The lowest BCUT2D eigenvalue weighted by Gasteiger charge is -2.57. The standard InChI is InChI=1S/C20H28O4/c1-19-8-7-14-12(13(19)5-6-16(19)22)3-4-15-18(24)17(23)11(10-21)9-20(14,15)2/h10,12-14,16,21-22,24H,3-9H2,1-2H3/b11-10-/t12-,13?,14?,16-,19-,20+/m0/s1. The van der Waals surface area contributed by atoms with Crippen LogP contribution in [0.4, 0.5) is 0 Å². The van der Waals surface area contributed by atoms with E-state index in [1.165, 1.54) is 0 Å². The van der Waals surface area contributed by atoms with Crippen molar-refractivity contribution in [2.45, 2.75) is 64.9 Å². The van der Waals surface area contributed by atoms with Crippen LogP contribution in [-0.4, -0.2) is 27.2 Å². The van der Waals surface area contributed by atoms with Crippen molar-refractivity contribution in [2.24, 2.45) is 28.6 Å². The van der Waals surface area contributed by atoms with Crippen LogP contribution in [0.2, 0.25) is 0 Å². The Morgan fingerprint density at radius 2 is 1.88 bits per heavy atom. The molecule has 3 N–H and O–H groups in total. The molecule has 0 heterocycles. The molecule has 2 unspecified atom stereocenters. The molecule has 0 aromatic rings. The van der Waals surface area contributed by atoms with Crippen LogP contribution in [-0.2, 0) is 4.79 Å². The molecule has 4 aliphatic carbocycles. The van der Waals surface area contributed by atoms with Crippen molar-refractivity contribution in [3.8, 4) is 0 Å². The summed E-state index contributed by atoms with van der Waals surface area (Å²) in [5, 5.41) is 30.4. The SMILES string of the molecule is C[C@]12C/C(=C/O)C(=O)C(O)=C1CC[C@@H]1C2CC[C@@]2(C)C1CC[C@@H]2O. The monoisotopic (exact) mass is 332 g/mol. The molecule has 24 heavy (non-hydrogen) atoms. The first-order chi connectivity index (χ1) is 11.3. The van der Waals surface area contributed by atoms with Gasteiger partial charge < -0.3 is 15.3 Å². The maximum Gasteiger partial charge on any atom is 0.226 e. The molecule has 3 fully saturated rings. The zero-order chi connectivity index (χ0) is 17.3. The molecule has 0 aliphatic heterocycles. The summed E-state index contributed by atoms with van der Waals surface area (Å²) < 4.78 is 0. The maximum atomic E-state index is 12.2. The highest BCUT2D eigenvalue weighted by molar-refractivity contribution is 6.08. The summed E-state index contributed by atoms with van der Waals surface area (Å²) in [6.07, 6.45) is 6.99. The fraction of sp³-hybridized carbons (Fsp3) is 0.750. The molecule has 0 radical (unpaired) electrons. The highest BCUT2D eigenvalue weighted by Crippen LogP contribution is 2.65. The van der Waals surface area contributed by atoms with Crippen molar-refractivity contribution < 1.29 is 20.1 Å². The average molecular weight is 332 g/mol. The number of carbonyl (C=O) groups excluding carboxylic acids is 1. The minimum Gasteiger partial charge on any atom is -0.515 e. The molecule has 132 valence electrons. The molecule has 4 heteroatoms. The van der Waals surface area contributed by atoms with Crippen LogP contribution < -0.4 is 0 Å². The molecule has 6 atom stereocenters. The highest BCUT2D eigenvalue weighted by Gasteiger charge is 2.60. The first-order valence-corrected chi connectivity index (χ1v) is 9.31. The number of rotatable bonds is 0. The second kappa shape index (κ2) is 5.10. The van der Waals surface area contributed by atoms with Gasteiger partial charge >= 0.3 is 0 Å². The summed E-state index contributed by atoms with van der Waals surface area (Å²) in [4.78, 5) is 12.2. The minimum atomic E-state index is -0.402. The number of hydrogen-bond acceptors (Lipinski definition) is 4. The van der Waals surface area contributed by atoms with Crippen LogP contribution in [0.15, 0.2) is 23.2 Å². The number of carbonyl (C=O) groups is 1. The van der Waals surface area contributed by atoms with Gasteiger partial charge in [0.1, 0.15) is 0 Å². The van der Waals surface area contributed by atoms with Gasteiger partial charge in [-0.05, 0) is 79.1 Å². The molecule has 3 saturated carbocycles. The third kappa shape index (κ3) is 1.86. The number of fused-ring (bicyclic) bond motifs is 5. The number of Topliss-reactive ketones (excluding diaryl/α,β-unsaturated/α-hetero) is 1. The molecule has 0 aromatic heterocycles. The van der Waals surface area contributed by atoms with Crippen molar-refractivity contribution in [2.75, 3.05) is 0 Å². The maximum absolute atomic E-state index is 12.2. The summed E-state index contributed by atoms with van der Waals surface area (Å²) in [5.41, 5.74) is 1.02. The number of ketones is 1. The summed E-state index contributed by atoms with van der Waals surface area (Å²) in [5.74, 6) is 0.957. The molecular formula is C20H28O4. The molecule has 0 bridgehead atoms. The van der Waals surface area contributed by atoms with E-state index in [1.54, 1.807) is 0 Å². The van der Waals surface area contributed by atoms with Crippen LogP contribution >= 0.6 is 0 Å². The second-order valence-corrected chi connectivity index (χ2v) is 8.96. The number of hydrogen-bond donors (Lipinski definition) is 3. The highest BCUT2D eigenvalue weighted by atomic mass is 16.3. The molecular weight excluding hydrogens is 304 g/mol. The van der Waals surface area contributed by atoms with E-state index in [4.69, 9.17) is 0 Å². The lowest BCUT2D eigenvalue weighted by atomic mass is 9.47. The van der Waals surface area contributed by atoms with Gasteiger partial charge in [0.05, 0.1) is 12.4 Å². The third-order valence-corrected chi connectivity index (χ3v) is 8.13. The zero-order valence-electron chi connectivity index (χ0n) is 14.6. The van der Waals surface area contributed by atoms with Gasteiger partial charge in [0.15, 0.2) is 5.76 Å². The van der Waals surface area contributed by atoms with Gasteiger partial charge in [-0.3, -0.25) is 4.79 Å². The summed E-state index contributed by atoms with van der Waals surface area (Å²) in [7, 11) is 0. The van der Waals surface area contributed by atoms with Gasteiger partial charge in [-0.2, -0.15) is 0 Å². The average Bonchev–Trinajstić information content (AvgIpc) is 2.86. The molecule has 0 aromatic carbocycles. The van der Waals surface area contributed by atoms with Crippen LogP contribution in [0.3, 0.4) is 0 Å². The second-order valence-electron chi connectivity index (χ2n) is 8.96. The van der Waals surface area contributed by atoms with Crippen LogP contribution in [0.25, 0.3) is 0 Å². The van der Waals surface area contributed by atoms with Gasteiger partial charge in [-0.15, -0.1) is 0 Å². The Hall–Kier alpha value is -1.29. The Labute approximate surface area is 143 Å². The van der Waals surface area contributed by atoms with Crippen LogP contribution in [0, 0.1) is 28.6 Å². The van der Waals surface area contributed by atoms with E-state index >= 15 is 0 Å². The minimum absolute atomic E-state index is 0.0287. The van der Waals surface area contributed by atoms with E-state index in [1.807, 2.05) is 0 Å². The topological polar surface area (TPSA) is 77.8 Å². The molecule has 0 amide bonds. The van der Waals surface area contributed by atoms with Gasteiger partial charge in [-0.25, -0.2) is 0 Å². The third-order valence-electron chi connectivity index (χ3n) is 8.13. The Kier molecular flexibility index (Phi) is 3.44. The van der Waals surface area contributed by atoms with E-state index in [0.717, 1.165) is 50.4 Å².